The Kier molecular flexibility index (Phi) is 6.35. The van der Waals surface area contributed by atoms with E-state index in [1.54, 1.807) is 0 Å². The second-order valence-corrected chi connectivity index (χ2v) is 4.93. The number of hydrogen-bond donors (Lipinski definition) is 2. The minimum atomic E-state index is -0.904. The summed E-state index contributed by atoms with van der Waals surface area (Å²) in [6.07, 6.45) is -0.0435. The molecule has 0 atom stereocenters. The molecule has 1 rings (SSSR count). The van der Waals surface area contributed by atoms with Gasteiger partial charge in [0.15, 0.2) is 0 Å². The van der Waals surface area contributed by atoms with E-state index in [1.807, 2.05) is 31.2 Å². The van der Waals surface area contributed by atoms with Crippen LogP contribution in [0.3, 0.4) is 0 Å². The number of halogens is 1. The van der Waals surface area contributed by atoms with Crippen molar-refractivity contribution < 1.29 is 14.7 Å². The summed E-state index contributed by atoms with van der Waals surface area (Å²) < 4.78 is 0.956. The van der Waals surface area contributed by atoms with Crippen molar-refractivity contribution in [1.82, 2.24) is 10.2 Å². The fraction of sp³-hybridized carbons (Fsp3) is 0.385. The summed E-state index contributed by atoms with van der Waals surface area (Å²) in [6.45, 7) is 2.94. The first-order valence-electron chi connectivity index (χ1n) is 6.02. The lowest BCUT2D eigenvalue weighted by molar-refractivity contribution is -0.137. The summed E-state index contributed by atoms with van der Waals surface area (Å²) >= 11 is 3.36. The molecule has 0 bridgehead atoms. The van der Waals surface area contributed by atoms with Gasteiger partial charge in [-0.3, -0.25) is 4.79 Å². The molecule has 6 heteroatoms. The van der Waals surface area contributed by atoms with E-state index in [1.165, 1.54) is 4.90 Å². The Hall–Kier alpha value is -1.56. The van der Waals surface area contributed by atoms with Gasteiger partial charge in [-0.25, -0.2) is 4.79 Å². The van der Waals surface area contributed by atoms with E-state index in [4.69, 9.17) is 5.11 Å². The van der Waals surface area contributed by atoms with E-state index in [2.05, 4.69) is 21.2 Å². The van der Waals surface area contributed by atoms with Gasteiger partial charge in [0, 0.05) is 24.1 Å². The lowest BCUT2D eigenvalue weighted by atomic mass is 10.2. The number of aliphatic carboxylic acids is 1. The van der Waals surface area contributed by atoms with Crippen LogP contribution in [0.2, 0.25) is 0 Å². The Bertz CT molecular complexity index is 451. The van der Waals surface area contributed by atoms with Gasteiger partial charge >= 0.3 is 12.0 Å². The van der Waals surface area contributed by atoms with Gasteiger partial charge in [0.25, 0.3) is 0 Å². The predicted molar refractivity (Wildman–Crippen MR) is 75.9 cm³/mol. The van der Waals surface area contributed by atoms with Crippen LogP contribution in [0.25, 0.3) is 0 Å². The number of hydrogen-bond acceptors (Lipinski definition) is 2. The number of carbonyl (C=O) groups is 2. The molecule has 1 aromatic rings. The molecule has 0 aliphatic heterocycles. The Morgan fingerprint density at radius 2 is 2.16 bits per heavy atom. The number of carboxylic acid groups (broad SMARTS) is 1. The number of nitrogens with one attached hydrogen (secondary N) is 1. The summed E-state index contributed by atoms with van der Waals surface area (Å²) in [5, 5.41) is 11.4. The third-order valence-electron chi connectivity index (χ3n) is 2.60. The Balaban J connectivity index is 2.46. The van der Waals surface area contributed by atoms with Gasteiger partial charge in [0.2, 0.25) is 0 Å². The van der Waals surface area contributed by atoms with Gasteiger partial charge in [-0.15, -0.1) is 0 Å². The number of nitrogens with zero attached hydrogens (tertiary/aromatic N) is 1. The lowest BCUT2D eigenvalue weighted by Crippen LogP contribution is -2.40. The largest absolute Gasteiger partial charge is 0.481 e. The van der Waals surface area contributed by atoms with Gasteiger partial charge in [0.05, 0.1) is 6.42 Å². The molecule has 0 aliphatic carbocycles. The van der Waals surface area contributed by atoms with Gasteiger partial charge in [0.1, 0.15) is 0 Å². The fourth-order valence-electron chi connectivity index (χ4n) is 1.57. The zero-order chi connectivity index (χ0) is 14.3. The molecular formula is C13H17BrN2O3. The minimum absolute atomic E-state index is 0.0435. The molecule has 104 valence electrons. The van der Waals surface area contributed by atoms with E-state index in [0.29, 0.717) is 13.1 Å². The van der Waals surface area contributed by atoms with Crippen molar-refractivity contribution in [2.45, 2.75) is 19.9 Å². The van der Waals surface area contributed by atoms with Gasteiger partial charge < -0.3 is 15.3 Å². The number of benzene rings is 1. The fourth-order valence-corrected chi connectivity index (χ4v) is 2.02. The average Bonchev–Trinajstić information content (AvgIpc) is 2.37. The third-order valence-corrected chi connectivity index (χ3v) is 3.09. The average molecular weight is 329 g/mol. The van der Waals surface area contributed by atoms with Crippen LogP contribution in [0.5, 0.6) is 0 Å². The molecule has 0 heterocycles. The van der Waals surface area contributed by atoms with E-state index in [0.717, 1.165) is 10.0 Å². The number of carbonyl (C=O) groups excluding carboxylic acids is 1. The molecule has 0 saturated heterocycles. The summed E-state index contributed by atoms with van der Waals surface area (Å²) in [6, 6.07) is 7.40. The van der Waals surface area contributed by atoms with Gasteiger partial charge in [-0.1, -0.05) is 28.1 Å². The molecular weight excluding hydrogens is 312 g/mol. The topological polar surface area (TPSA) is 69.6 Å². The Labute approximate surface area is 120 Å². The molecule has 19 heavy (non-hydrogen) atoms. The molecule has 0 aliphatic rings. The maximum absolute atomic E-state index is 11.9. The first-order valence-corrected chi connectivity index (χ1v) is 6.81. The van der Waals surface area contributed by atoms with Gasteiger partial charge in [-0.05, 0) is 24.6 Å². The standard InChI is InChI=1S/C13H17BrN2O3/c1-2-16(7-6-12(17)18)13(19)15-9-10-4-3-5-11(14)8-10/h3-5,8H,2,6-7,9H2,1H3,(H,15,19)(H,17,18). The van der Waals surface area contributed by atoms with Crippen molar-refractivity contribution in [2.24, 2.45) is 0 Å². The first kappa shape index (κ1) is 15.5. The predicted octanol–water partition coefficient (Wildman–Crippen LogP) is 2.46. The number of rotatable bonds is 6. The number of urea groups is 1. The van der Waals surface area contributed by atoms with Crippen molar-refractivity contribution in [1.29, 1.82) is 0 Å². The first-order chi connectivity index (χ1) is 9.02. The summed E-state index contributed by atoms with van der Waals surface area (Å²) in [4.78, 5) is 23.8. The molecule has 0 saturated carbocycles. The van der Waals surface area contributed by atoms with E-state index in [-0.39, 0.29) is 19.0 Å². The molecule has 1 aromatic carbocycles. The van der Waals surface area contributed by atoms with Crippen molar-refractivity contribution in [3.8, 4) is 0 Å². The van der Waals surface area contributed by atoms with Crippen molar-refractivity contribution in [3.63, 3.8) is 0 Å². The monoisotopic (exact) mass is 328 g/mol. The van der Waals surface area contributed by atoms with Crippen LogP contribution < -0.4 is 5.32 Å². The molecule has 0 fully saturated rings. The van der Waals surface area contributed by atoms with Crippen LogP contribution >= 0.6 is 15.9 Å². The number of carboxylic acids is 1. The summed E-state index contributed by atoms with van der Waals surface area (Å²) in [5.74, 6) is -0.904. The smallest absolute Gasteiger partial charge is 0.317 e. The number of amides is 2. The highest BCUT2D eigenvalue weighted by Crippen LogP contribution is 2.11. The maximum Gasteiger partial charge on any atom is 0.317 e. The summed E-state index contributed by atoms with van der Waals surface area (Å²) in [5.41, 5.74) is 0.983. The van der Waals surface area contributed by atoms with E-state index >= 15 is 0 Å². The van der Waals surface area contributed by atoms with E-state index in [9.17, 15) is 9.59 Å². The molecule has 0 aromatic heterocycles. The Morgan fingerprint density at radius 1 is 1.42 bits per heavy atom. The second-order valence-electron chi connectivity index (χ2n) is 4.01. The minimum Gasteiger partial charge on any atom is -0.481 e. The zero-order valence-electron chi connectivity index (χ0n) is 10.7. The lowest BCUT2D eigenvalue weighted by Gasteiger charge is -2.20. The van der Waals surface area contributed by atoms with Crippen LogP contribution in [0.1, 0.15) is 18.9 Å². The SMILES string of the molecule is CCN(CCC(=O)O)C(=O)NCc1cccc(Br)c1. The van der Waals surface area contributed by atoms with E-state index < -0.39 is 5.97 Å². The highest BCUT2D eigenvalue weighted by Gasteiger charge is 2.12. The molecule has 0 radical (unpaired) electrons. The molecule has 2 N–H and O–H groups in total. The van der Waals surface area contributed by atoms with Crippen molar-refractivity contribution >= 4 is 27.9 Å². The third kappa shape index (κ3) is 5.74. The molecule has 0 spiro atoms. The summed E-state index contributed by atoms with van der Waals surface area (Å²) in [7, 11) is 0. The highest BCUT2D eigenvalue weighted by molar-refractivity contribution is 9.10. The normalized spacial score (nSPS) is 10.0. The highest BCUT2D eigenvalue weighted by atomic mass is 79.9. The van der Waals surface area contributed by atoms with Crippen LogP contribution in [-0.2, 0) is 11.3 Å². The maximum atomic E-state index is 11.9. The van der Waals surface area contributed by atoms with Crippen molar-refractivity contribution in [3.05, 3.63) is 34.3 Å². The van der Waals surface area contributed by atoms with Crippen LogP contribution in [0, 0.1) is 0 Å². The molecule has 0 unspecified atom stereocenters. The van der Waals surface area contributed by atoms with Crippen LogP contribution in [0.4, 0.5) is 4.79 Å². The van der Waals surface area contributed by atoms with Crippen molar-refractivity contribution in [2.75, 3.05) is 13.1 Å². The Morgan fingerprint density at radius 3 is 2.74 bits per heavy atom. The zero-order valence-corrected chi connectivity index (χ0v) is 12.3. The van der Waals surface area contributed by atoms with Crippen LogP contribution in [-0.4, -0.2) is 35.1 Å². The quantitative estimate of drug-likeness (QED) is 0.842. The molecule has 2 amide bonds. The molecule has 5 nitrogen and oxygen atoms in total. The van der Waals surface area contributed by atoms with Crippen LogP contribution in [0.15, 0.2) is 28.7 Å². The second kappa shape index (κ2) is 7.78. The van der Waals surface area contributed by atoms with Gasteiger partial charge in [-0.2, -0.15) is 0 Å².